The van der Waals surface area contributed by atoms with Gasteiger partial charge < -0.3 is 14.4 Å². The predicted octanol–water partition coefficient (Wildman–Crippen LogP) is 5.92. The topological polar surface area (TPSA) is 131 Å². The molecule has 2 aromatic heterocycles. The first-order valence-corrected chi connectivity index (χ1v) is 15.8. The first-order chi connectivity index (χ1) is 20.5. The number of nitrogens with zero attached hydrogens (tertiary/aromatic N) is 6. The summed E-state index contributed by atoms with van der Waals surface area (Å²) in [5, 5.41) is 9.92. The van der Waals surface area contributed by atoms with E-state index in [0.29, 0.717) is 45.9 Å². The number of anilines is 1. The van der Waals surface area contributed by atoms with Crippen molar-refractivity contribution in [3.8, 4) is 16.9 Å². The number of alkyl halides is 2. The van der Waals surface area contributed by atoms with Crippen LogP contribution in [0.3, 0.4) is 0 Å². The van der Waals surface area contributed by atoms with E-state index in [-0.39, 0.29) is 5.75 Å². The largest absolute Gasteiger partial charge is 0.465 e. The van der Waals surface area contributed by atoms with Gasteiger partial charge in [-0.2, -0.15) is 8.78 Å². The molecule has 2 bridgehead atoms. The summed E-state index contributed by atoms with van der Waals surface area (Å²) in [7, 11) is -3.81. The van der Waals surface area contributed by atoms with Crippen LogP contribution in [-0.2, 0) is 15.6 Å². The third-order valence-electron chi connectivity index (χ3n) is 8.20. The molecule has 4 aromatic rings. The Morgan fingerprint density at radius 1 is 1.07 bits per heavy atom. The third-order valence-corrected chi connectivity index (χ3v) is 9.36. The smallest absolute Gasteiger partial charge is 0.408 e. The molecule has 0 unspecified atom stereocenters. The number of ether oxygens (including phenoxy) is 1. The molecule has 1 N–H and O–H groups in total. The van der Waals surface area contributed by atoms with E-state index < -0.39 is 45.9 Å². The van der Waals surface area contributed by atoms with Gasteiger partial charge in [0, 0.05) is 35.5 Å². The maximum absolute atomic E-state index is 13.4. The second-order valence-electron chi connectivity index (χ2n) is 12.6. The lowest BCUT2D eigenvalue weighted by Crippen LogP contribution is -2.55. The lowest BCUT2D eigenvalue weighted by molar-refractivity contribution is -0.0506. The SMILES string of the molecule is CC(C)(C)N(C(=O)O)C(C)(C)c1ncc(-c2ccc3nc4n(c3c2)[C@@H]2C[C@H]4N(S(C)(=O)=O)c3cccc(OC(F)F)c32)cn1. The molecular weight excluding hydrogens is 594 g/mol. The quantitative estimate of drug-likeness (QED) is 0.279. The number of carboxylic acid groups (broad SMARTS) is 1. The van der Waals surface area contributed by atoms with Crippen LogP contribution in [0.4, 0.5) is 19.3 Å². The minimum atomic E-state index is -3.81. The second-order valence-corrected chi connectivity index (χ2v) is 14.4. The normalized spacial score (nSPS) is 18.0. The third kappa shape index (κ3) is 4.62. The van der Waals surface area contributed by atoms with E-state index in [9.17, 15) is 27.1 Å². The van der Waals surface area contributed by atoms with Gasteiger partial charge in [0.1, 0.15) is 23.2 Å². The van der Waals surface area contributed by atoms with Gasteiger partial charge >= 0.3 is 12.7 Å². The number of hydrogen-bond donors (Lipinski definition) is 1. The summed E-state index contributed by atoms with van der Waals surface area (Å²) in [6.07, 6.45) is 3.57. The number of benzene rings is 2. The summed E-state index contributed by atoms with van der Waals surface area (Å²) in [4.78, 5) is 27.3. The van der Waals surface area contributed by atoms with Gasteiger partial charge in [0.2, 0.25) is 10.0 Å². The van der Waals surface area contributed by atoms with Crippen LogP contribution >= 0.6 is 0 Å². The van der Waals surface area contributed by atoms with E-state index in [4.69, 9.17) is 9.72 Å². The standard InChI is InChI=1S/C30H32F2N6O5S/c1-29(2,3)38(28(39)40)30(4,5)26-33-14-17(15-34-26)16-10-11-18-20(12-16)36-21-13-22(25(36)35-18)37(44(6,41)42)19-8-7-9-23(24(19)21)43-27(31)32/h7-12,14-15,21-22,27H,13H2,1-6H3,(H,39,40)/t21-,22-/m1/s1. The average molecular weight is 627 g/mol. The Morgan fingerprint density at radius 2 is 1.75 bits per heavy atom. The summed E-state index contributed by atoms with van der Waals surface area (Å²) in [5.74, 6) is 0.761. The maximum Gasteiger partial charge on any atom is 0.408 e. The molecule has 1 amide bonds. The minimum absolute atomic E-state index is 0.0854. The Bertz CT molecular complexity index is 1900. The molecule has 0 spiro atoms. The molecule has 0 aliphatic carbocycles. The lowest BCUT2D eigenvalue weighted by atomic mass is 9.94. The molecule has 0 saturated heterocycles. The second kappa shape index (κ2) is 9.84. The fourth-order valence-corrected chi connectivity index (χ4v) is 7.98. The number of rotatable bonds is 6. The zero-order chi connectivity index (χ0) is 31.9. The fraction of sp³-hybridized carbons (Fsp3) is 0.400. The number of imidazole rings is 1. The number of hydrogen-bond acceptors (Lipinski definition) is 7. The average Bonchev–Trinajstić information content (AvgIpc) is 3.42. The molecule has 2 aliphatic rings. The summed E-state index contributed by atoms with van der Waals surface area (Å²) in [5.41, 5.74) is 1.64. The molecule has 0 saturated carbocycles. The van der Waals surface area contributed by atoms with Crippen LogP contribution in [0.15, 0.2) is 48.8 Å². The van der Waals surface area contributed by atoms with Crippen molar-refractivity contribution in [2.24, 2.45) is 0 Å². The van der Waals surface area contributed by atoms with Crippen molar-refractivity contribution in [2.75, 3.05) is 10.6 Å². The van der Waals surface area contributed by atoms with Crippen molar-refractivity contribution < 1.29 is 31.8 Å². The van der Waals surface area contributed by atoms with Crippen LogP contribution in [0.1, 0.15) is 70.3 Å². The maximum atomic E-state index is 13.4. The highest BCUT2D eigenvalue weighted by Crippen LogP contribution is 2.55. The predicted molar refractivity (Wildman–Crippen MR) is 159 cm³/mol. The van der Waals surface area contributed by atoms with E-state index in [1.807, 2.05) is 43.5 Å². The van der Waals surface area contributed by atoms with Crippen LogP contribution in [0.5, 0.6) is 5.75 Å². The van der Waals surface area contributed by atoms with Crippen molar-refractivity contribution in [3.05, 3.63) is 66.0 Å². The molecule has 2 aromatic carbocycles. The van der Waals surface area contributed by atoms with Crippen LogP contribution in [0.25, 0.3) is 22.2 Å². The molecule has 0 fully saturated rings. The first kappa shape index (κ1) is 29.7. The molecule has 44 heavy (non-hydrogen) atoms. The van der Waals surface area contributed by atoms with E-state index >= 15 is 0 Å². The number of halogens is 2. The van der Waals surface area contributed by atoms with E-state index in [1.165, 1.54) is 21.3 Å². The van der Waals surface area contributed by atoms with Crippen LogP contribution in [0, 0.1) is 0 Å². The Kier molecular flexibility index (Phi) is 6.65. The number of amides is 1. The highest BCUT2D eigenvalue weighted by Gasteiger charge is 2.49. The molecule has 6 rings (SSSR count). The molecule has 232 valence electrons. The van der Waals surface area contributed by atoms with Gasteiger partial charge in [-0.05, 0) is 64.4 Å². The van der Waals surface area contributed by atoms with Crippen molar-refractivity contribution in [2.45, 2.75) is 70.8 Å². The van der Waals surface area contributed by atoms with Gasteiger partial charge in [-0.25, -0.2) is 28.2 Å². The Hall–Kier alpha value is -4.33. The van der Waals surface area contributed by atoms with Crippen LogP contribution < -0.4 is 9.04 Å². The molecule has 4 heterocycles. The summed E-state index contributed by atoms with van der Waals surface area (Å²) >= 11 is 0. The van der Waals surface area contributed by atoms with Gasteiger partial charge in [0.15, 0.2) is 5.82 Å². The summed E-state index contributed by atoms with van der Waals surface area (Å²) < 4.78 is 60.9. The van der Waals surface area contributed by atoms with E-state index in [2.05, 4.69) is 9.97 Å². The van der Waals surface area contributed by atoms with E-state index in [0.717, 1.165) is 11.8 Å². The van der Waals surface area contributed by atoms with Gasteiger partial charge in [-0.15, -0.1) is 0 Å². The monoisotopic (exact) mass is 626 g/mol. The lowest BCUT2D eigenvalue weighted by Gasteiger charge is -2.44. The molecular formula is C30H32F2N6O5S. The zero-order valence-corrected chi connectivity index (χ0v) is 25.8. The van der Waals surface area contributed by atoms with Crippen LogP contribution in [-0.4, -0.2) is 62.4 Å². The Morgan fingerprint density at radius 3 is 2.34 bits per heavy atom. The van der Waals surface area contributed by atoms with Crippen molar-refractivity contribution >= 4 is 32.8 Å². The van der Waals surface area contributed by atoms with E-state index in [1.54, 1.807) is 32.3 Å². The Balaban J connectivity index is 1.45. The van der Waals surface area contributed by atoms with Crippen molar-refractivity contribution in [1.29, 1.82) is 0 Å². The van der Waals surface area contributed by atoms with Gasteiger partial charge in [-0.3, -0.25) is 9.21 Å². The zero-order valence-electron chi connectivity index (χ0n) is 25.0. The Labute approximate surface area is 253 Å². The van der Waals surface area contributed by atoms with Crippen molar-refractivity contribution in [1.82, 2.24) is 24.4 Å². The molecule has 14 heteroatoms. The number of carbonyl (C=O) groups is 1. The fourth-order valence-electron chi connectivity index (χ4n) is 6.82. The molecule has 2 atom stereocenters. The summed E-state index contributed by atoms with van der Waals surface area (Å²) in [6.45, 7) is 5.84. The number of sulfonamides is 1. The van der Waals surface area contributed by atoms with Crippen LogP contribution in [0.2, 0.25) is 0 Å². The number of fused-ring (bicyclic) bond motifs is 9. The minimum Gasteiger partial charge on any atom is -0.465 e. The molecule has 0 radical (unpaired) electrons. The van der Waals surface area contributed by atoms with Gasteiger partial charge in [-0.1, -0.05) is 12.1 Å². The molecule has 11 nitrogen and oxygen atoms in total. The first-order valence-electron chi connectivity index (χ1n) is 14.0. The molecule has 2 aliphatic heterocycles. The number of aromatic nitrogens is 4. The summed E-state index contributed by atoms with van der Waals surface area (Å²) in [6, 6.07) is 8.94. The van der Waals surface area contributed by atoms with Gasteiger partial charge in [0.05, 0.1) is 29.0 Å². The van der Waals surface area contributed by atoms with Gasteiger partial charge in [0.25, 0.3) is 0 Å². The van der Waals surface area contributed by atoms with Crippen molar-refractivity contribution in [3.63, 3.8) is 0 Å². The highest BCUT2D eigenvalue weighted by molar-refractivity contribution is 7.92. The highest BCUT2D eigenvalue weighted by atomic mass is 32.2.